The average molecular weight is 496 g/mol. The molecule has 0 saturated heterocycles. The number of rotatable bonds is 5. The zero-order valence-electron chi connectivity index (χ0n) is 18.9. The highest BCUT2D eigenvalue weighted by Crippen LogP contribution is 2.44. The van der Waals surface area contributed by atoms with Crippen LogP contribution < -0.4 is 4.74 Å². The molecule has 4 rings (SSSR count). The number of ether oxygens (including phenoxy) is 1. The Hall–Kier alpha value is -2.94. The quantitative estimate of drug-likeness (QED) is 0.428. The number of hydrogen-bond acceptors (Lipinski definition) is 3. The summed E-state index contributed by atoms with van der Waals surface area (Å²) in [4.78, 5) is 18.3. The first kappa shape index (κ1) is 24.2. The Kier molecular flexibility index (Phi) is 6.18. The van der Waals surface area contributed by atoms with Crippen molar-refractivity contribution < 1.29 is 27.8 Å². The Morgan fingerprint density at radius 2 is 1.94 bits per heavy atom. The van der Waals surface area contributed by atoms with Crippen LogP contribution in [0.2, 0.25) is 5.02 Å². The maximum atomic E-state index is 13.1. The van der Waals surface area contributed by atoms with E-state index in [1.165, 1.54) is 11.0 Å². The number of aromatic nitrogens is 2. The minimum Gasteiger partial charge on any atom is -0.490 e. The summed E-state index contributed by atoms with van der Waals surface area (Å²) >= 11 is 5.85. The zero-order chi connectivity index (χ0) is 24.8. The molecule has 0 bridgehead atoms. The number of alkyl halides is 3. The van der Waals surface area contributed by atoms with Gasteiger partial charge in [-0.05, 0) is 29.7 Å². The topological polar surface area (TPSA) is 67.1 Å². The number of benzene rings is 1. The lowest BCUT2D eigenvalue weighted by Crippen LogP contribution is -2.54. The number of carbonyl (C=O) groups is 1. The predicted molar refractivity (Wildman–Crippen MR) is 121 cm³/mol. The first-order chi connectivity index (χ1) is 15.8. The highest BCUT2D eigenvalue weighted by atomic mass is 35.5. The van der Waals surface area contributed by atoms with Crippen LogP contribution in [-0.2, 0) is 6.18 Å². The fourth-order valence-electron chi connectivity index (χ4n) is 4.54. The van der Waals surface area contributed by atoms with E-state index in [9.17, 15) is 23.1 Å². The third-order valence-electron chi connectivity index (χ3n) is 6.03. The van der Waals surface area contributed by atoms with E-state index in [1.54, 1.807) is 12.4 Å². The smallest absolute Gasteiger partial charge is 0.416 e. The molecule has 2 heterocycles. The van der Waals surface area contributed by atoms with E-state index in [1.807, 2.05) is 43.5 Å². The van der Waals surface area contributed by atoms with Gasteiger partial charge in [-0.3, -0.25) is 4.90 Å². The molecular formula is C24H25ClF3N3O3. The normalized spacial score (nSPS) is 19.5. The molecule has 0 radical (unpaired) electrons. The minimum absolute atomic E-state index is 0.0136. The summed E-state index contributed by atoms with van der Waals surface area (Å²) in [6, 6.07) is 5.96. The summed E-state index contributed by atoms with van der Waals surface area (Å²) in [7, 11) is 0. The van der Waals surface area contributed by atoms with Gasteiger partial charge in [-0.15, -0.1) is 0 Å². The maximum Gasteiger partial charge on any atom is 0.416 e. The van der Waals surface area contributed by atoms with Crippen molar-refractivity contribution in [2.45, 2.75) is 58.0 Å². The Balaban J connectivity index is 1.57. The lowest BCUT2D eigenvalue weighted by molar-refractivity contribution is -0.137. The van der Waals surface area contributed by atoms with E-state index >= 15 is 0 Å². The number of fused-ring (bicyclic) bond motifs is 1. The van der Waals surface area contributed by atoms with Crippen molar-refractivity contribution in [2.24, 2.45) is 5.41 Å². The van der Waals surface area contributed by atoms with E-state index in [-0.39, 0.29) is 16.8 Å². The fourth-order valence-corrected chi connectivity index (χ4v) is 4.77. The Bertz CT molecular complexity index is 1200. The van der Waals surface area contributed by atoms with Crippen LogP contribution in [0.5, 0.6) is 5.75 Å². The second-order valence-electron chi connectivity index (χ2n) is 9.62. The van der Waals surface area contributed by atoms with Crippen molar-refractivity contribution in [3.05, 3.63) is 65.1 Å². The van der Waals surface area contributed by atoms with Gasteiger partial charge in [-0.1, -0.05) is 38.4 Å². The van der Waals surface area contributed by atoms with Crippen LogP contribution in [0, 0.1) is 5.41 Å². The molecule has 2 aromatic heterocycles. The first-order valence-corrected chi connectivity index (χ1v) is 11.2. The summed E-state index contributed by atoms with van der Waals surface area (Å²) in [5.74, 6) is 0.0136. The summed E-state index contributed by atoms with van der Waals surface area (Å²) in [5, 5.41) is 10.1. The van der Waals surface area contributed by atoms with Crippen molar-refractivity contribution in [3.63, 3.8) is 0 Å². The van der Waals surface area contributed by atoms with Crippen LogP contribution in [0.25, 0.3) is 5.65 Å². The van der Waals surface area contributed by atoms with Crippen molar-refractivity contribution in [1.82, 2.24) is 14.3 Å². The molecule has 34 heavy (non-hydrogen) atoms. The van der Waals surface area contributed by atoms with E-state index in [2.05, 4.69) is 4.98 Å². The Labute approximate surface area is 199 Å². The van der Waals surface area contributed by atoms with Gasteiger partial charge in [0.2, 0.25) is 0 Å². The Morgan fingerprint density at radius 1 is 1.24 bits per heavy atom. The molecule has 1 atom stereocenters. The molecule has 1 fully saturated rings. The van der Waals surface area contributed by atoms with Crippen LogP contribution >= 0.6 is 11.6 Å². The molecule has 1 aromatic carbocycles. The number of carboxylic acid groups (broad SMARTS) is 1. The molecule has 0 aliphatic heterocycles. The van der Waals surface area contributed by atoms with Crippen LogP contribution in [0.3, 0.4) is 0 Å². The van der Waals surface area contributed by atoms with Gasteiger partial charge in [0.25, 0.3) is 0 Å². The molecule has 6 nitrogen and oxygen atoms in total. The van der Waals surface area contributed by atoms with E-state index < -0.39 is 35.4 Å². The van der Waals surface area contributed by atoms with Gasteiger partial charge in [0.1, 0.15) is 17.5 Å². The van der Waals surface area contributed by atoms with Crippen LogP contribution in [-0.4, -0.2) is 37.6 Å². The predicted octanol–water partition coefficient (Wildman–Crippen LogP) is 6.68. The van der Waals surface area contributed by atoms with Gasteiger partial charge in [0, 0.05) is 48.1 Å². The lowest BCUT2D eigenvalue weighted by Gasteiger charge is -2.48. The highest BCUT2D eigenvalue weighted by molar-refractivity contribution is 6.30. The zero-order valence-corrected chi connectivity index (χ0v) is 19.6. The molecular weight excluding hydrogens is 471 g/mol. The average Bonchev–Trinajstić information content (AvgIpc) is 3.16. The second kappa shape index (κ2) is 8.69. The van der Waals surface area contributed by atoms with Crippen LogP contribution in [0.4, 0.5) is 18.0 Å². The molecule has 1 saturated carbocycles. The van der Waals surface area contributed by atoms with E-state index in [0.29, 0.717) is 18.5 Å². The van der Waals surface area contributed by atoms with Crippen molar-refractivity contribution in [3.8, 4) is 5.75 Å². The van der Waals surface area contributed by atoms with Gasteiger partial charge in [-0.2, -0.15) is 13.2 Å². The third kappa shape index (κ3) is 4.80. The number of halogens is 4. The summed E-state index contributed by atoms with van der Waals surface area (Å²) in [6.45, 7) is 5.91. The monoisotopic (exact) mass is 495 g/mol. The number of imidazole rings is 1. The van der Waals surface area contributed by atoms with Crippen molar-refractivity contribution in [1.29, 1.82) is 0 Å². The molecule has 182 valence electrons. The van der Waals surface area contributed by atoms with Gasteiger partial charge >= 0.3 is 12.3 Å². The number of pyridine rings is 1. The Morgan fingerprint density at radius 3 is 2.56 bits per heavy atom. The van der Waals surface area contributed by atoms with Crippen molar-refractivity contribution >= 4 is 23.3 Å². The third-order valence-corrected chi connectivity index (χ3v) is 6.25. The lowest BCUT2D eigenvalue weighted by atomic mass is 9.78. The molecule has 10 heteroatoms. The van der Waals surface area contributed by atoms with Crippen LogP contribution in [0.1, 0.15) is 50.8 Å². The second-order valence-corrected chi connectivity index (χ2v) is 10.1. The van der Waals surface area contributed by atoms with Gasteiger partial charge < -0.3 is 14.2 Å². The number of nitrogens with zero attached hydrogens (tertiary/aromatic N) is 3. The molecule has 1 aliphatic rings. The first-order valence-electron chi connectivity index (χ1n) is 10.8. The maximum absolute atomic E-state index is 13.1. The minimum atomic E-state index is -4.54. The summed E-state index contributed by atoms with van der Waals surface area (Å²) < 4.78 is 46.9. The molecule has 0 spiro atoms. The molecule has 1 aliphatic carbocycles. The fraction of sp³-hybridized carbons (Fsp3) is 0.417. The van der Waals surface area contributed by atoms with Gasteiger partial charge in [0.15, 0.2) is 0 Å². The summed E-state index contributed by atoms with van der Waals surface area (Å²) in [5.41, 5.74) is 0.127. The van der Waals surface area contributed by atoms with E-state index in [4.69, 9.17) is 16.3 Å². The van der Waals surface area contributed by atoms with E-state index in [0.717, 1.165) is 17.7 Å². The molecule has 1 N–H and O–H groups in total. The SMILES string of the molecule is CC(C)(C)C(c1cccn2ccnc12)N(C(=O)O)C1CC(Oc2cc(Cl)cc(C(F)(F)F)c2)C1. The van der Waals surface area contributed by atoms with Crippen molar-refractivity contribution in [2.75, 3.05) is 0 Å². The molecule has 1 amide bonds. The standard InChI is InChI=1S/C24H25ClF3N3O3/c1-23(2,3)20(19-5-4-7-30-8-6-29-21(19)30)31(22(32)33)16-12-18(13-16)34-17-10-14(24(26,27)28)9-15(25)11-17/h4-11,16,18,20H,12-13H2,1-3H3,(H,32,33). The summed E-state index contributed by atoms with van der Waals surface area (Å²) in [6.07, 6.45) is -0.0143. The van der Waals surface area contributed by atoms with Gasteiger partial charge in [-0.25, -0.2) is 9.78 Å². The highest BCUT2D eigenvalue weighted by Gasteiger charge is 2.45. The number of hydrogen-bond donors (Lipinski definition) is 1. The number of amides is 1. The molecule has 1 unspecified atom stereocenters. The largest absolute Gasteiger partial charge is 0.490 e. The molecule has 3 aromatic rings. The van der Waals surface area contributed by atoms with Crippen LogP contribution in [0.15, 0.2) is 48.9 Å². The van der Waals surface area contributed by atoms with Gasteiger partial charge in [0.05, 0.1) is 11.6 Å².